The van der Waals surface area contributed by atoms with Gasteiger partial charge < -0.3 is 15.0 Å². The summed E-state index contributed by atoms with van der Waals surface area (Å²) < 4.78 is 5.44. The molecule has 1 aliphatic rings. The molecule has 2 N–H and O–H groups in total. The maximum atomic E-state index is 5.44. The quantitative estimate of drug-likeness (QED) is 0.748. The Balaban J connectivity index is 1.81. The number of nitrogens with zero attached hydrogens (tertiary/aromatic N) is 2. The number of pyridine rings is 1. The lowest BCUT2D eigenvalue weighted by Gasteiger charge is -2.00. The number of H-pyrrole nitrogens is 1. The van der Waals surface area contributed by atoms with Gasteiger partial charge in [-0.25, -0.2) is 9.97 Å². The van der Waals surface area contributed by atoms with E-state index in [1.165, 1.54) is 11.1 Å². The summed E-state index contributed by atoms with van der Waals surface area (Å²) in [6.07, 6.45) is 0. The van der Waals surface area contributed by atoms with Crippen molar-refractivity contribution in [3.63, 3.8) is 0 Å². The Morgan fingerprint density at radius 3 is 2.90 bits per heavy atom. The number of imidazole rings is 1. The summed E-state index contributed by atoms with van der Waals surface area (Å²) in [5.41, 5.74) is 5.24. The van der Waals surface area contributed by atoms with Gasteiger partial charge in [-0.1, -0.05) is 12.1 Å². The van der Waals surface area contributed by atoms with Crippen LogP contribution in [0, 0.1) is 0 Å². The molecule has 0 unspecified atom stereocenters. The minimum absolute atomic E-state index is 0.686. The van der Waals surface area contributed by atoms with Gasteiger partial charge in [-0.2, -0.15) is 0 Å². The first-order valence-electron chi connectivity index (χ1n) is 6.58. The minimum Gasteiger partial charge on any atom is -0.373 e. The molecular weight excluding hydrogens is 252 g/mol. The molecule has 0 amide bonds. The van der Waals surface area contributed by atoms with E-state index in [2.05, 4.69) is 38.5 Å². The Bertz CT molecular complexity index is 794. The minimum atomic E-state index is 0.686. The second-order valence-electron chi connectivity index (χ2n) is 4.88. The Kier molecular flexibility index (Phi) is 2.47. The van der Waals surface area contributed by atoms with Crippen molar-refractivity contribution in [2.24, 2.45) is 0 Å². The number of hydrogen-bond donors (Lipinski definition) is 2. The molecule has 4 rings (SSSR count). The third-order valence-corrected chi connectivity index (χ3v) is 3.60. The average Bonchev–Trinajstić information content (AvgIpc) is 3.11. The largest absolute Gasteiger partial charge is 0.373 e. The number of anilines is 1. The number of benzene rings is 1. The molecule has 1 aliphatic heterocycles. The fourth-order valence-corrected chi connectivity index (χ4v) is 2.49. The van der Waals surface area contributed by atoms with Crippen molar-refractivity contribution in [3.8, 4) is 11.4 Å². The number of aromatic nitrogens is 3. The van der Waals surface area contributed by atoms with Crippen molar-refractivity contribution in [2.75, 3.05) is 12.4 Å². The molecule has 0 spiro atoms. The Labute approximate surface area is 116 Å². The SMILES string of the molecule is CNc1ccc2[nH]c(-c3ccc4c(c3)COC4)nc2n1. The summed E-state index contributed by atoms with van der Waals surface area (Å²) >= 11 is 0. The van der Waals surface area contributed by atoms with E-state index in [1.807, 2.05) is 19.2 Å². The van der Waals surface area contributed by atoms with Gasteiger partial charge in [-0.15, -0.1) is 0 Å². The molecule has 20 heavy (non-hydrogen) atoms. The second kappa shape index (κ2) is 4.31. The zero-order valence-electron chi connectivity index (χ0n) is 11.1. The molecule has 100 valence electrons. The molecule has 0 bridgehead atoms. The van der Waals surface area contributed by atoms with Gasteiger partial charge in [0.1, 0.15) is 11.6 Å². The van der Waals surface area contributed by atoms with Crippen LogP contribution in [-0.4, -0.2) is 22.0 Å². The lowest BCUT2D eigenvalue weighted by Crippen LogP contribution is -1.91. The number of rotatable bonds is 2. The molecule has 0 atom stereocenters. The van der Waals surface area contributed by atoms with Gasteiger partial charge in [-0.05, 0) is 29.3 Å². The molecule has 5 nitrogen and oxygen atoms in total. The highest BCUT2D eigenvalue weighted by atomic mass is 16.5. The van der Waals surface area contributed by atoms with E-state index in [9.17, 15) is 0 Å². The van der Waals surface area contributed by atoms with Gasteiger partial charge >= 0.3 is 0 Å². The van der Waals surface area contributed by atoms with Crippen LogP contribution >= 0.6 is 0 Å². The van der Waals surface area contributed by atoms with Crippen LogP contribution < -0.4 is 5.32 Å². The molecule has 1 aromatic carbocycles. The first-order valence-corrected chi connectivity index (χ1v) is 6.58. The highest BCUT2D eigenvalue weighted by molar-refractivity contribution is 5.77. The standard InChI is InChI=1S/C15H14N4O/c1-16-13-5-4-12-15(18-13)19-14(17-12)9-2-3-10-7-20-8-11(10)6-9/h2-6H,7-8H2,1H3,(H2,16,17,18,19). The van der Waals surface area contributed by atoms with Gasteiger partial charge in [0.05, 0.1) is 18.7 Å². The molecule has 0 fully saturated rings. The second-order valence-corrected chi connectivity index (χ2v) is 4.88. The van der Waals surface area contributed by atoms with E-state index in [1.54, 1.807) is 0 Å². The Morgan fingerprint density at radius 1 is 1.10 bits per heavy atom. The third kappa shape index (κ3) is 1.75. The summed E-state index contributed by atoms with van der Waals surface area (Å²) in [6.45, 7) is 1.40. The van der Waals surface area contributed by atoms with Crippen LogP contribution in [0.4, 0.5) is 5.82 Å². The summed E-state index contributed by atoms with van der Waals surface area (Å²) in [5, 5.41) is 3.02. The van der Waals surface area contributed by atoms with Gasteiger partial charge in [0, 0.05) is 12.6 Å². The third-order valence-electron chi connectivity index (χ3n) is 3.60. The monoisotopic (exact) mass is 266 g/mol. The van der Waals surface area contributed by atoms with E-state index in [-0.39, 0.29) is 0 Å². The number of nitrogens with one attached hydrogen (secondary N) is 2. The van der Waals surface area contributed by atoms with E-state index >= 15 is 0 Å². The van der Waals surface area contributed by atoms with Crippen molar-refractivity contribution in [3.05, 3.63) is 41.5 Å². The van der Waals surface area contributed by atoms with Crippen molar-refractivity contribution >= 4 is 17.0 Å². The van der Waals surface area contributed by atoms with Crippen LogP contribution in [0.5, 0.6) is 0 Å². The highest BCUT2D eigenvalue weighted by Crippen LogP contribution is 2.26. The molecule has 3 heterocycles. The first kappa shape index (κ1) is 11.4. The number of hydrogen-bond acceptors (Lipinski definition) is 4. The summed E-state index contributed by atoms with van der Waals surface area (Å²) in [4.78, 5) is 12.3. The fourth-order valence-electron chi connectivity index (χ4n) is 2.49. The predicted octanol–water partition coefficient (Wildman–Crippen LogP) is 2.70. The summed E-state index contributed by atoms with van der Waals surface area (Å²) in [6, 6.07) is 10.2. The lowest BCUT2D eigenvalue weighted by molar-refractivity contribution is 0.134. The smallest absolute Gasteiger partial charge is 0.180 e. The number of aromatic amines is 1. The first-order chi connectivity index (χ1) is 9.83. The van der Waals surface area contributed by atoms with E-state index in [0.29, 0.717) is 13.2 Å². The van der Waals surface area contributed by atoms with E-state index < -0.39 is 0 Å². The van der Waals surface area contributed by atoms with Gasteiger partial charge in [0.25, 0.3) is 0 Å². The fraction of sp³-hybridized carbons (Fsp3) is 0.200. The normalized spacial score (nSPS) is 13.7. The topological polar surface area (TPSA) is 62.8 Å². The van der Waals surface area contributed by atoms with Crippen LogP contribution in [-0.2, 0) is 18.0 Å². The van der Waals surface area contributed by atoms with E-state index in [0.717, 1.165) is 28.4 Å². The lowest BCUT2D eigenvalue weighted by atomic mass is 10.1. The maximum absolute atomic E-state index is 5.44. The Morgan fingerprint density at radius 2 is 2.00 bits per heavy atom. The summed E-state index contributed by atoms with van der Waals surface area (Å²) in [5.74, 6) is 1.66. The highest BCUT2D eigenvalue weighted by Gasteiger charge is 2.13. The molecule has 5 heteroatoms. The molecule has 0 saturated heterocycles. The molecule has 0 saturated carbocycles. The van der Waals surface area contributed by atoms with Crippen LogP contribution in [0.15, 0.2) is 30.3 Å². The van der Waals surface area contributed by atoms with Gasteiger partial charge in [-0.3, -0.25) is 0 Å². The van der Waals surface area contributed by atoms with Gasteiger partial charge in [0.15, 0.2) is 5.65 Å². The summed E-state index contributed by atoms with van der Waals surface area (Å²) in [7, 11) is 1.85. The van der Waals surface area contributed by atoms with Crippen molar-refractivity contribution in [1.82, 2.24) is 15.0 Å². The number of ether oxygens (including phenoxy) is 1. The van der Waals surface area contributed by atoms with Crippen molar-refractivity contribution < 1.29 is 4.74 Å². The average molecular weight is 266 g/mol. The number of fused-ring (bicyclic) bond motifs is 2. The molecule has 3 aromatic rings. The Hall–Kier alpha value is -2.40. The molecule has 0 aliphatic carbocycles. The van der Waals surface area contributed by atoms with Gasteiger partial charge in [0.2, 0.25) is 0 Å². The molecule has 2 aromatic heterocycles. The zero-order chi connectivity index (χ0) is 13.5. The molecular formula is C15H14N4O. The predicted molar refractivity (Wildman–Crippen MR) is 77.4 cm³/mol. The zero-order valence-corrected chi connectivity index (χ0v) is 11.1. The van der Waals surface area contributed by atoms with E-state index in [4.69, 9.17) is 4.74 Å². The van der Waals surface area contributed by atoms with Crippen LogP contribution in [0.25, 0.3) is 22.6 Å². The maximum Gasteiger partial charge on any atom is 0.180 e. The van der Waals surface area contributed by atoms with Crippen molar-refractivity contribution in [1.29, 1.82) is 0 Å². The van der Waals surface area contributed by atoms with Crippen LogP contribution in [0.3, 0.4) is 0 Å². The van der Waals surface area contributed by atoms with Crippen LogP contribution in [0.2, 0.25) is 0 Å². The van der Waals surface area contributed by atoms with Crippen LogP contribution in [0.1, 0.15) is 11.1 Å². The van der Waals surface area contributed by atoms with Crippen molar-refractivity contribution in [2.45, 2.75) is 13.2 Å². The molecule has 0 radical (unpaired) electrons.